The molecule has 0 aliphatic heterocycles. The first-order valence-corrected chi connectivity index (χ1v) is 6.84. The van der Waals surface area contributed by atoms with Crippen LogP contribution >= 0.6 is 11.8 Å². The molecule has 104 valence electrons. The zero-order valence-electron chi connectivity index (χ0n) is 10.6. The van der Waals surface area contributed by atoms with Crippen LogP contribution in [0.15, 0.2) is 28.5 Å². The van der Waals surface area contributed by atoms with Gasteiger partial charge in [-0.05, 0) is 0 Å². The number of aromatic amines is 1. The first kappa shape index (κ1) is 12.9. The summed E-state index contributed by atoms with van der Waals surface area (Å²) in [6.45, 7) is -0.0527. The van der Waals surface area contributed by atoms with Crippen molar-refractivity contribution in [1.29, 1.82) is 0 Å². The number of aromatic nitrogens is 6. The van der Waals surface area contributed by atoms with Crippen molar-refractivity contribution in [1.82, 2.24) is 29.1 Å². The van der Waals surface area contributed by atoms with E-state index in [1.165, 1.54) is 28.7 Å². The van der Waals surface area contributed by atoms with E-state index in [9.17, 15) is 4.79 Å². The van der Waals surface area contributed by atoms with Gasteiger partial charge in [0.05, 0.1) is 24.2 Å². The van der Waals surface area contributed by atoms with E-state index in [4.69, 9.17) is 5.11 Å². The molecular weight excluding hydrogens is 280 g/mol. The molecule has 8 nitrogen and oxygen atoms in total. The highest BCUT2D eigenvalue weighted by Crippen LogP contribution is 2.20. The number of hydrogen-bond acceptors (Lipinski definition) is 6. The Labute approximate surface area is 117 Å². The lowest BCUT2D eigenvalue weighted by molar-refractivity contribution is 0.271. The van der Waals surface area contributed by atoms with Crippen LogP contribution in [0.5, 0.6) is 0 Å². The Balaban J connectivity index is 1.82. The fourth-order valence-corrected chi connectivity index (χ4v) is 2.65. The van der Waals surface area contributed by atoms with Crippen molar-refractivity contribution in [2.24, 2.45) is 7.05 Å². The second-order valence-corrected chi connectivity index (χ2v) is 5.09. The van der Waals surface area contributed by atoms with E-state index < -0.39 is 0 Å². The van der Waals surface area contributed by atoms with Crippen LogP contribution in [0.4, 0.5) is 0 Å². The van der Waals surface area contributed by atoms with E-state index in [1.54, 1.807) is 6.20 Å². The topological polar surface area (TPSA) is 101 Å². The molecule has 3 heterocycles. The smallest absolute Gasteiger partial charge is 0.274 e. The van der Waals surface area contributed by atoms with Crippen molar-refractivity contribution in [3.05, 3.63) is 40.3 Å². The average Bonchev–Trinajstić information content (AvgIpc) is 3.03. The monoisotopic (exact) mass is 292 g/mol. The van der Waals surface area contributed by atoms with E-state index in [-0.39, 0.29) is 12.2 Å². The largest absolute Gasteiger partial charge is 0.390 e. The summed E-state index contributed by atoms with van der Waals surface area (Å²) in [7, 11) is 1.83. The third-order valence-electron chi connectivity index (χ3n) is 2.87. The SMILES string of the molecule is Cn1c(CO)cnc1SCc1cc(=O)n2[nH]cnc2n1. The van der Waals surface area contributed by atoms with Gasteiger partial charge in [0.2, 0.25) is 0 Å². The van der Waals surface area contributed by atoms with Crippen molar-refractivity contribution in [3.8, 4) is 0 Å². The van der Waals surface area contributed by atoms with Crippen molar-refractivity contribution >= 4 is 17.5 Å². The van der Waals surface area contributed by atoms with Gasteiger partial charge in [0, 0.05) is 18.9 Å². The van der Waals surface area contributed by atoms with Crippen LogP contribution in [0.3, 0.4) is 0 Å². The number of nitrogens with zero attached hydrogens (tertiary/aromatic N) is 5. The maximum atomic E-state index is 11.8. The highest BCUT2D eigenvalue weighted by molar-refractivity contribution is 7.98. The van der Waals surface area contributed by atoms with Gasteiger partial charge in [-0.1, -0.05) is 11.8 Å². The lowest BCUT2D eigenvalue weighted by Gasteiger charge is -2.03. The third kappa shape index (κ3) is 2.21. The Morgan fingerprint density at radius 3 is 3.05 bits per heavy atom. The number of fused-ring (bicyclic) bond motifs is 1. The molecule has 3 aromatic rings. The minimum Gasteiger partial charge on any atom is -0.390 e. The Morgan fingerprint density at radius 2 is 2.30 bits per heavy atom. The molecule has 3 rings (SSSR count). The molecule has 0 aliphatic carbocycles. The van der Waals surface area contributed by atoms with E-state index in [0.29, 0.717) is 17.2 Å². The Kier molecular flexibility index (Phi) is 3.28. The molecule has 0 radical (unpaired) electrons. The van der Waals surface area contributed by atoms with E-state index in [0.717, 1.165) is 10.9 Å². The minimum atomic E-state index is -0.195. The molecular formula is C11H12N6O2S. The van der Waals surface area contributed by atoms with Crippen LogP contribution in [0, 0.1) is 0 Å². The number of thioether (sulfide) groups is 1. The Bertz CT molecular complexity index is 805. The number of aliphatic hydroxyl groups is 1. The summed E-state index contributed by atoms with van der Waals surface area (Å²) in [4.78, 5) is 24.2. The molecule has 20 heavy (non-hydrogen) atoms. The summed E-state index contributed by atoms with van der Waals surface area (Å²) in [6, 6.07) is 1.47. The predicted octanol–water partition coefficient (Wildman–Crippen LogP) is -0.0643. The van der Waals surface area contributed by atoms with Gasteiger partial charge in [-0.25, -0.2) is 15.0 Å². The Hall–Kier alpha value is -2.13. The van der Waals surface area contributed by atoms with E-state index >= 15 is 0 Å². The summed E-state index contributed by atoms with van der Waals surface area (Å²) < 4.78 is 3.09. The lowest BCUT2D eigenvalue weighted by atomic mass is 10.4. The van der Waals surface area contributed by atoms with Crippen molar-refractivity contribution in [3.63, 3.8) is 0 Å². The third-order valence-corrected chi connectivity index (χ3v) is 3.95. The average molecular weight is 292 g/mol. The van der Waals surface area contributed by atoms with E-state index in [2.05, 4.69) is 20.1 Å². The molecule has 0 atom stereocenters. The fourth-order valence-electron chi connectivity index (χ4n) is 1.79. The number of imidazole rings is 1. The lowest BCUT2D eigenvalue weighted by Crippen LogP contribution is -2.15. The van der Waals surface area contributed by atoms with Gasteiger partial charge in [-0.2, -0.15) is 4.52 Å². The molecule has 0 fully saturated rings. The molecule has 0 saturated carbocycles. The normalized spacial score (nSPS) is 11.3. The molecule has 3 aromatic heterocycles. The maximum Gasteiger partial charge on any atom is 0.274 e. The highest BCUT2D eigenvalue weighted by Gasteiger charge is 2.09. The maximum absolute atomic E-state index is 11.8. The molecule has 0 amide bonds. The van der Waals surface area contributed by atoms with Gasteiger partial charge in [-0.15, -0.1) is 0 Å². The van der Waals surface area contributed by atoms with Crippen molar-refractivity contribution < 1.29 is 5.11 Å². The van der Waals surface area contributed by atoms with Crippen LogP contribution in [0.25, 0.3) is 5.78 Å². The summed E-state index contributed by atoms with van der Waals surface area (Å²) >= 11 is 1.45. The summed E-state index contributed by atoms with van der Waals surface area (Å²) in [5.41, 5.74) is 1.18. The minimum absolute atomic E-state index is 0.0527. The molecule has 0 unspecified atom stereocenters. The summed E-state index contributed by atoms with van der Waals surface area (Å²) in [6.07, 6.45) is 3.05. The van der Waals surface area contributed by atoms with Crippen molar-refractivity contribution in [2.75, 3.05) is 0 Å². The molecule has 0 spiro atoms. The molecule has 0 saturated heterocycles. The van der Waals surface area contributed by atoms with Gasteiger partial charge in [-0.3, -0.25) is 9.89 Å². The summed E-state index contributed by atoms with van der Waals surface area (Å²) in [5, 5.41) is 12.6. The fraction of sp³-hybridized carbons (Fsp3) is 0.273. The van der Waals surface area contributed by atoms with Gasteiger partial charge in [0.15, 0.2) is 5.16 Å². The van der Waals surface area contributed by atoms with Gasteiger partial charge in [0.25, 0.3) is 11.3 Å². The first-order valence-electron chi connectivity index (χ1n) is 5.85. The zero-order chi connectivity index (χ0) is 14.1. The van der Waals surface area contributed by atoms with E-state index in [1.807, 2.05) is 11.6 Å². The number of aliphatic hydroxyl groups excluding tert-OH is 1. The molecule has 2 N–H and O–H groups in total. The quantitative estimate of drug-likeness (QED) is 0.653. The van der Waals surface area contributed by atoms with Crippen LogP contribution in [-0.4, -0.2) is 34.2 Å². The standard InChI is InChI=1S/C11H12N6O2S/c1-16-8(4-18)3-12-11(16)20-5-7-2-9(19)17-10(15-7)13-6-14-17/h2-3,6,18H,4-5H2,1H3,(H,13,14,15). The first-order chi connectivity index (χ1) is 9.69. The number of hydrogen-bond donors (Lipinski definition) is 2. The molecule has 0 aliphatic rings. The van der Waals surface area contributed by atoms with Gasteiger partial charge in [0.1, 0.15) is 6.33 Å². The van der Waals surface area contributed by atoms with Crippen LogP contribution in [0.2, 0.25) is 0 Å². The Morgan fingerprint density at radius 1 is 1.45 bits per heavy atom. The van der Waals surface area contributed by atoms with Crippen LogP contribution in [0.1, 0.15) is 11.4 Å². The molecule has 9 heteroatoms. The van der Waals surface area contributed by atoms with Gasteiger partial charge >= 0.3 is 0 Å². The number of H-pyrrole nitrogens is 1. The van der Waals surface area contributed by atoms with Crippen LogP contribution in [-0.2, 0) is 19.4 Å². The van der Waals surface area contributed by atoms with Crippen LogP contribution < -0.4 is 5.56 Å². The predicted molar refractivity (Wildman–Crippen MR) is 72.3 cm³/mol. The second-order valence-electron chi connectivity index (χ2n) is 4.15. The van der Waals surface area contributed by atoms with Gasteiger partial charge < -0.3 is 9.67 Å². The van der Waals surface area contributed by atoms with Crippen molar-refractivity contribution in [2.45, 2.75) is 17.5 Å². The summed E-state index contributed by atoms with van der Waals surface area (Å²) in [5.74, 6) is 0.859. The zero-order valence-corrected chi connectivity index (χ0v) is 11.5. The molecule has 0 aromatic carbocycles. The highest BCUT2D eigenvalue weighted by atomic mass is 32.2. The number of rotatable bonds is 4. The molecule has 0 bridgehead atoms. The second kappa shape index (κ2) is 5.10. The number of nitrogens with one attached hydrogen (secondary N) is 1.